The van der Waals surface area contributed by atoms with Crippen LogP contribution in [0.3, 0.4) is 0 Å². The second-order valence-electron chi connectivity index (χ2n) is 5.65. The third kappa shape index (κ3) is 2.91. The molecule has 1 fully saturated rings. The van der Waals surface area contributed by atoms with Crippen LogP contribution in [0, 0.1) is 0 Å². The topological polar surface area (TPSA) is 29.1 Å². The minimum atomic E-state index is 0.265. The quantitative estimate of drug-likeness (QED) is 0.853. The highest BCUT2D eigenvalue weighted by molar-refractivity contribution is 6.08. The number of benzene rings is 2. The third-order valence-corrected chi connectivity index (χ3v) is 4.18. The van der Waals surface area contributed by atoms with Crippen LogP contribution >= 0.6 is 0 Å². The number of nitrogens with one attached hydrogen (secondary N) is 1. The Balaban J connectivity index is 1.81. The normalized spacial score (nSPS) is 19.7. The van der Waals surface area contributed by atoms with Gasteiger partial charge in [0, 0.05) is 18.0 Å². The molecule has 0 radical (unpaired) electrons. The van der Waals surface area contributed by atoms with E-state index >= 15 is 0 Å². The molecule has 0 saturated carbocycles. The lowest BCUT2D eigenvalue weighted by molar-refractivity contribution is 0.0969. The molecule has 3 rings (SSSR count). The van der Waals surface area contributed by atoms with Crippen molar-refractivity contribution in [2.24, 2.45) is 0 Å². The van der Waals surface area contributed by atoms with Crippen LogP contribution in [0.15, 0.2) is 42.5 Å². The molecule has 20 heavy (non-hydrogen) atoms. The maximum atomic E-state index is 12.6. The summed E-state index contributed by atoms with van der Waals surface area (Å²) in [5.41, 5.74) is 0.870. The highest BCUT2D eigenvalue weighted by Crippen LogP contribution is 2.21. The monoisotopic (exact) mass is 267 g/mol. The molecule has 0 aliphatic carbocycles. The maximum Gasteiger partial charge on any atom is 0.165 e. The molecular formula is C18H21NO. The van der Waals surface area contributed by atoms with Crippen LogP contribution in [0.5, 0.6) is 0 Å². The minimum absolute atomic E-state index is 0.265. The fraction of sp³-hybridized carbons (Fsp3) is 0.389. The first-order valence-corrected chi connectivity index (χ1v) is 7.59. The van der Waals surface area contributed by atoms with Gasteiger partial charge < -0.3 is 5.32 Å². The van der Waals surface area contributed by atoms with Gasteiger partial charge in [0.15, 0.2) is 5.78 Å². The van der Waals surface area contributed by atoms with Crippen molar-refractivity contribution in [1.29, 1.82) is 0 Å². The van der Waals surface area contributed by atoms with E-state index in [-0.39, 0.29) is 5.78 Å². The van der Waals surface area contributed by atoms with Crippen LogP contribution in [-0.4, -0.2) is 18.4 Å². The summed E-state index contributed by atoms with van der Waals surface area (Å²) in [5.74, 6) is 0.265. The summed E-state index contributed by atoms with van der Waals surface area (Å²) in [5, 5.41) is 5.73. The Hall–Kier alpha value is -1.67. The van der Waals surface area contributed by atoms with E-state index in [0.29, 0.717) is 12.5 Å². The van der Waals surface area contributed by atoms with Crippen LogP contribution in [0.4, 0.5) is 0 Å². The maximum absolute atomic E-state index is 12.6. The Morgan fingerprint density at radius 2 is 1.90 bits per heavy atom. The molecule has 1 aliphatic rings. The first-order valence-electron chi connectivity index (χ1n) is 7.59. The second-order valence-corrected chi connectivity index (χ2v) is 5.65. The molecule has 1 aliphatic heterocycles. The Bertz CT molecular complexity index is 592. The molecule has 0 spiro atoms. The minimum Gasteiger partial charge on any atom is -0.314 e. The summed E-state index contributed by atoms with van der Waals surface area (Å²) in [7, 11) is 0. The molecule has 0 bridgehead atoms. The molecule has 104 valence electrons. The number of carbonyl (C=O) groups is 1. The number of rotatable bonds is 3. The van der Waals surface area contributed by atoms with Crippen molar-refractivity contribution in [2.45, 2.75) is 38.1 Å². The van der Waals surface area contributed by atoms with Crippen LogP contribution in [0.25, 0.3) is 10.8 Å². The molecule has 2 aromatic carbocycles. The fourth-order valence-electron chi connectivity index (χ4n) is 3.08. The number of carbonyl (C=O) groups excluding carboxylic acids is 1. The lowest BCUT2D eigenvalue weighted by atomic mass is 9.96. The zero-order valence-electron chi connectivity index (χ0n) is 11.8. The van der Waals surface area contributed by atoms with Gasteiger partial charge >= 0.3 is 0 Å². The van der Waals surface area contributed by atoms with Crippen LogP contribution in [-0.2, 0) is 0 Å². The molecule has 2 nitrogen and oxygen atoms in total. The highest BCUT2D eigenvalue weighted by Gasteiger charge is 2.17. The number of ketones is 1. The Kier molecular flexibility index (Phi) is 4.12. The van der Waals surface area contributed by atoms with E-state index in [2.05, 4.69) is 17.4 Å². The van der Waals surface area contributed by atoms with E-state index in [4.69, 9.17) is 0 Å². The summed E-state index contributed by atoms with van der Waals surface area (Å²) in [6.45, 7) is 1.05. The van der Waals surface area contributed by atoms with Crippen LogP contribution in [0.1, 0.15) is 42.5 Å². The van der Waals surface area contributed by atoms with E-state index in [1.54, 1.807) is 0 Å². The van der Waals surface area contributed by atoms with Crippen molar-refractivity contribution >= 4 is 16.6 Å². The van der Waals surface area contributed by atoms with Crippen LogP contribution < -0.4 is 5.32 Å². The van der Waals surface area contributed by atoms with Crippen molar-refractivity contribution in [3.8, 4) is 0 Å². The first-order chi connectivity index (χ1) is 9.84. The predicted molar refractivity (Wildman–Crippen MR) is 83.2 cm³/mol. The van der Waals surface area contributed by atoms with Gasteiger partial charge in [-0.25, -0.2) is 0 Å². The molecule has 2 heteroatoms. The van der Waals surface area contributed by atoms with Crippen LogP contribution in [0.2, 0.25) is 0 Å². The van der Waals surface area contributed by atoms with E-state index in [0.717, 1.165) is 29.3 Å². The lowest BCUT2D eigenvalue weighted by Crippen LogP contribution is -2.30. The largest absolute Gasteiger partial charge is 0.314 e. The van der Waals surface area contributed by atoms with Crippen molar-refractivity contribution in [1.82, 2.24) is 5.32 Å². The zero-order valence-corrected chi connectivity index (χ0v) is 11.8. The molecular weight excluding hydrogens is 246 g/mol. The van der Waals surface area contributed by atoms with Crippen molar-refractivity contribution < 1.29 is 4.79 Å². The number of fused-ring (bicyclic) bond motifs is 1. The standard InChI is InChI=1S/C18H21NO/c20-18(13-15-9-2-1-5-12-19-15)17-11-6-8-14-7-3-4-10-16(14)17/h3-4,6-8,10-11,15,19H,1-2,5,9,12-13H2. The molecule has 1 unspecified atom stereocenters. The molecule has 0 aromatic heterocycles. The number of Topliss-reactive ketones (excluding diaryl/α,β-unsaturated/α-hetero) is 1. The van der Waals surface area contributed by atoms with Crippen molar-refractivity contribution in [3.63, 3.8) is 0 Å². The predicted octanol–water partition coefficient (Wildman–Crippen LogP) is 3.94. The van der Waals surface area contributed by atoms with Crippen molar-refractivity contribution in [3.05, 3.63) is 48.0 Å². The van der Waals surface area contributed by atoms with Gasteiger partial charge in [0.2, 0.25) is 0 Å². The summed E-state index contributed by atoms with van der Waals surface area (Å²) in [6.07, 6.45) is 5.50. The number of hydrogen-bond acceptors (Lipinski definition) is 2. The van der Waals surface area contributed by atoms with E-state index < -0.39 is 0 Å². The molecule has 1 saturated heterocycles. The first kappa shape index (κ1) is 13.3. The molecule has 0 amide bonds. The van der Waals surface area contributed by atoms with Gasteiger partial charge in [-0.05, 0) is 30.2 Å². The average molecular weight is 267 g/mol. The molecule has 1 heterocycles. The SMILES string of the molecule is O=C(CC1CCCCCN1)c1cccc2ccccc12. The van der Waals surface area contributed by atoms with Gasteiger partial charge in [-0.3, -0.25) is 4.79 Å². The second kappa shape index (κ2) is 6.19. The average Bonchev–Trinajstić information content (AvgIpc) is 2.75. The van der Waals surface area contributed by atoms with Gasteiger partial charge in [0.25, 0.3) is 0 Å². The molecule has 1 atom stereocenters. The summed E-state index contributed by atoms with van der Waals surface area (Å²) < 4.78 is 0. The zero-order chi connectivity index (χ0) is 13.8. The Morgan fingerprint density at radius 1 is 1.05 bits per heavy atom. The fourth-order valence-corrected chi connectivity index (χ4v) is 3.08. The number of hydrogen-bond donors (Lipinski definition) is 1. The third-order valence-electron chi connectivity index (χ3n) is 4.18. The smallest absolute Gasteiger partial charge is 0.165 e. The summed E-state index contributed by atoms with van der Waals surface area (Å²) in [6, 6.07) is 14.5. The van der Waals surface area contributed by atoms with Gasteiger partial charge in [-0.1, -0.05) is 55.3 Å². The van der Waals surface area contributed by atoms with Gasteiger partial charge in [0.1, 0.15) is 0 Å². The van der Waals surface area contributed by atoms with E-state index in [1.807, 2.05) is 30.3 Å². The van der Waals surface area contributed by atoms with Crippen molar-refractivity contribution in [2.75, 3.05) is 6.54 Å². The Morgan fingerprint density at radius 3 is 2.85 bits per heavy atom. The Labute approximate surface area is 120 Å². The van der Waals surface area contributed by atoms with Gasteiger partial charge in [-0.2, -0.15) is 0 Å². The van der Waals surface area contributed by atoms with Gasteiger partial charge in [0.05, 0.1) is 0 Å². The summed E-state index contributed by atoms with van der Waals surface area (Å²) in [4.78, 5) is 12.6. The van der Waals surface area contributed by atoms with E-state index in [9.17, 15) is 4.79 Å². The molecule has 2 aromatic rings. The van der Waals surface area contributed by atoms with Gasteiger partial charge in [-0.15, -0.1) is 0 Å². The lowest BCUT2D eigenvalue weighted by Gasteiger charge is -2.15. The van der Waals surface area contributed by atoms with E-state index in [1.165, 1.54) is 19.3 Å². The summed E-state index contributed by atoms with van der Waals surface area (Å²) >= 11 is 0. The molecule has 1 N–H and O–H groups in total. The highest BCUT2D eigenvalue weighted by atomic mass is 16.1.